The van der Waals surface area contributed by atoms with Gasteiger partial charge in [-0.25, -0.2) is 0 Å². The Hall–Kier alpha value is -0.0600. The molecule has 0 amide bonds. The molecule has 0 unspecified atom stereocenters. The summed E-state index contributed by atoms with van der Waals surface area (Å²) in [6.07, 6.45) is 2.56. The number of aryl methyl sites for hydroxylation is 1. The van der Waals surface area contributed by atoms with E-state index in [1.807, 2.05) is 6.92 Å². The first-order valence-corrected chi connectivity index (χ1v) is 4.48. The van der Waals surface area contributed by atoms with Gasteiger partial charge in [-0.05, 0) is 42.4 Å². The maximum Gasteiger partial charge on any atom is 0.153 e. The Labute approximate surface area is 73.1 Å². The van der Waals surface area contributed by atoms with Gasteiger partial charge < -0.3 is 4.52 Å². The summed E-state index contributed by atoms with van der Waals surface area (Å²) in [5.41, 5.74) is 1.03. The lowest BCUT2D eigenvalue weighted by atomic mass is 10.3. The van der Waals surface area contributed by atoms with Crippen molar-refractivity contribution in [3.63, 3.8) is 0 Å². The van der Waals surface area contributed by atoms with Gasteiger partial charge in [0.15, 0.2) is 5.76 Å². The molecule has 54 valence electrons. The lowest BCUT2D eigenvalue weighted by Gasteiger charge is -1.86. The van der Waals surface area contributed by atoms with Gasteiger partial charge in [0.05, 0.1) is 9.26 Å². The molecule has 1 aliphatic carbocycles. The van der Waals surface area contributed by atoms with Crippen molar-refractivity contribution < 1.29 is 4.52 Å². The standard InChI is InChI=1S/C7H8INO/c1-4-6(8)7(10-9-4)5-2-3-5/h5H,2-3H2,1H3. The summed E-state index contributed by atoms with van der Waals surface area (Å²) >= 11 is 2.30. The Morgan fingerprint density at radius 1 is 1.60 bits per heavy atom. The average Bonchev–Trinajstić information content (AvgIpc) is 2.67. The van der Waals surface area contributed by atoms with Gasteiger partial charge in [-0.15, -0.1) is 0 Å². The summed E-state index contributed by atoms with van der Waals surface area (Å²) in [6, 6.07) is 0. The summed E-state index contributed by atoms with van der Waals surface area (Å²) in [4.78, 5) is 0. The van der Waals surface area contributed by atoms with Crippen LogP contribution in [0.5, 0.6) is 0 Å². The van der Waals surface area contributed by atoms with Gasteiger partial charge in [-0.1, -0.05) is 5.16 Å². The molecule has 10 heavy (non-hydrogen) atoms. The zero-order chi connectivity index (χ0) is 7.14. The van der Waals surface area contributed by atoms with E-state index in [4.69, 9.17) is 4.52 Å². The molecule has 1 aromatic rings. The fourth-order valence-electron chi connectivity index (χ4n) is 0.975. The molecule has 0 bridgehead atoms. The first kappa shape index (κ1) is 6.64. The molecule has 0 atom stereocenters. The number of hydrogen-bond donors (Lipinski definition) is 0. The normalized spacial score (nSPS) is 17.8. The number of hydrogen-bond acceptors (Lipinski definition) is 2. The van der Waals surface area contributed by atoms with Crippen molar-refractivity contribution in [3.8, 4) is 0 Å². The number of halogens is 1. The third-order valence-corrected chi connectivity index (χ3v) is 3.08. The molecule has 0 spiro atoms. The van der Waals surface area contributed by atoms with Crippen LogP contribution in [0.2, 0.25) is 0 Å². The molecule has 1 aliphatic rings. The lowest BCUT2D eigenvalue weighted by molar-refractivity contribution is 0.380. The second kappa shape index (κ2) is 2.22. The molecule has 0 N–H and O–H groups in total. The van der Waals surface area contributed by atoms with Crippen LogP contribution in [0.4, 0.5) is 0 Å². The van der Waals surface area contributed by atoms with E-state index in [0.717, 1.165) is 11.5 Å². The molecule has 2 rings (SSSR count). The van der Waals surface area contributed by atoms with Crippen molar-refractivity contribution >= 4 is 22.6 Å². The van der Waals surface area contributed by atoms with Crippen molar-refractivity contribution in [1.82, 2.24) is 5.16 Å². The van der Waals surface area contributed by atoms with Crippen molar-refractivity contribution in [2.45, 2.75) is 25.7 Å². The van der Waals surface area contributed by atoms with Crippen molar-refractivity contribution in [2.24, 2.45) is 0 Å². The minimum Gasteiger partial charge on any atom is -0.360 e. The smallest absolute Gasteiger partial charge is 0.153 e. The predicted molar refractivity (Wildman–Crippen MR) is 45.9 cm³/mol. The monoisotopic (exact) mass is 249 g/mol. The minimum absolute atomic E-state index is 0.688. The predicted octanol–water partition coefficient (Wildman–Crippen LogP) is 2.47. The van der Waals surface area contributed by atoms with Crippen LogP contribution < -0.4 is 0 Å². The Kier molecular flexibility index (Phi) is 1.47. The van der Waals surface area contributed by atoms with Gasteiger partial charge in [0.2, 0.25) is 0 Å². The van der Waals surface area contributed by atoms with Crippen LogP contribution in [0.1, 0.15) is 30.2 Å². The van der Waals surface area contributed by atoms with Gasteiger partial charge >= 0.3 is 0 Å². The highest BCUT2D eigenvalue weighted by Gasteiger charge is 2.30. The molecule has 3 heteroatoms. The largest absolute Gasteiger partial charge is 0.360 e. The molecule has 0 radical (unpaired) electrons. The maximum atomic E-state index is 5.16. The molecule has 0 saturated heterocycles. The molecule has 1 aromatic heterocycles. The van der Waals surface area contributed by atoms with E-state index in [1.165, 1.54) is 16.4 Å². The highest BCUT2D eigenvalue weighted by molar-refractivity contribution is 14.1. The second-order valence-corrected chi connectivity index (χ2v) is 3.80. The van der Waals surface area contributed by atoms with E-state index in [-0.39, 0.29) is 0 Å². The molecular weight excluding hydrogens is 241 g/mol. The van der Waals surface area contributed by atoms with Crippen LogP contribution in [-0.4, -0.2) is 5.16 Å². The van der Waals surface area contributed by atoms with Crippen LogP contribution in [0.3, 0.4) is 0 Å². The second-order valence-electron chi connectivity index (χ2n) is 2.72. The third-order valence-electron chi connectivity index (χ3n) is 1.76. The summed E-state index contributed by atoms with van der Waals surface area (Å²) in [5, 5.41) is 3.89. The zero-order valence-corrected chi connectivity index (χ0v) is 7.88. The molecule has 0 aliphatic heterocycles. The summed E-state index contributed by atoms with van der Waals surface area (Å²) < 4.78 is 6.38. The van der Waals surface area contributed by atoms with E-state index < -0.39 is 0 Å². The molecular formula is C7H8INO. The van der Waals surface area contributed by atoms with Crippen LogP contribution >= 0.6 is 22.6 Å². The van der Waals surface area contributed by atoms with Gasteiger partial charge in [-0.2, -0.15) is 0 Å². The van der Waals surface area contributed by atoms with Gasteiger partial charge in [0, 0.05) is 5.92 Å². The molecule has 1 saturated carbocycles. The van der Waals surface area contributed by atoms with E-state index in [1.54, 1.807) is 0 Å². The number of nitrogens with zero attached hydrogens (tertiary/aromatic N) is 1. The van der Waals surface area contributed by atoms with Gasteiger partial charge in [0.25, 0.3) is 0 Å². The van der Waals surface area contributed by atoms with E-state index in [9.17, 15) is 0 Å². The fourth-order valence-corrected chi connectivity index (χ4v) is 1.61. The Morgan fingerprint density at radius 3 is 2.70 bits per heavy atom. The van der Waals surface area contributed by atoms with E-state index >= 15 is 0 Å². The Bertz CT molecular complexity index is 252. The van der Waals surface area contributed by atoms with Crippen LogP contribution in [0.25, 0.3) is 0 Å². The first-order chi connectivity index (χ1) is 4.79. The number of rotatable bonds is 1. The summed E-state index contributed by atoms with van der Waals surface area (Å²) in [6.45, 7) is 1.98. The average molecular weight is 249 g/mol. The molecule has 1 heterocycles. The van der Waals surface area contributed by atoms with Gasteiger partial charge in [-0.3, -0.25) is 0 Å². The van der Waals surface area contributed by atoms with Crippen molar-refractivity contribution in [1.29, 1.82) is 0 Å². The fraction of sp³-hybridized carbons (Fsp3) is 0.571. The highest BCUT2D eigenvalue weighted by Crippen LogP contribution is 2.42. The Morgan fingerprint density at radius 2 is 2.30 bits per heavy atom. The van der Waals surface area contributed by atoms with Crippen LogP contribution in [0.15, 0.2) is 4.52 Å². The molecule has 1 fully saturated rings. The topological polar surface area (TPSA) is 26.0 Å². The summed E-state index contributed by atoms with van der Waals surface area (Å²) in [5.74, 6) is 1.80. The van der Waals surface area contributed by atoms with Crippen LogP contribution in [0, 0.1) is 10.5 Å². The number of aromatic nitrogens is 1. The molecule has 2 nitrogen and oxygen atoms in total. The highest BCUT2D eigenvalue weighted by atomic mass is 127. The van der Waals surface area contributed by atoms with Gasteiger partial charge in [0.1, 0.15) is 0 Å². The lowest BCUT2D eigenvalue weighted by Crippen LogP contribution is -1.78. The quantitative estimate of drug-likeness (QED) is 0.714. The SMILES string of the molecule is Cc1noc(C2CC2)c1I. The maximum absolute atomic E-state index is 5.16. The van der Waals surface area contributed by atoms with E-state index in [0.29, 0.717) is 5.92 Å². The minimum atomic E-state index is 0.688. The van der Waals surface area contributed by atoms with Crippen molar-refractivity contribution in [3.05, 3.63) is 15.0 Å². The van der Waals surface area contributed by atoms with E-state index in [2.05, 4.69) is 27.7 Å². The van der Waals surface area contributed by atoms with Crippen LogP contribution in [-0.2, 0) is 0 Å². The van der Waals surface area contributed by atoms with Crippen molar-refractivity contribution in [2.75, 3.05) is 0 Å². The third kappa shape index (κ3) is 0.962. The first-order valence-electron chi connectivity index (χ1n) is 3.40. The molecule has 0 aromatic carbocycles. The zero-order valence-electron chi connectivity index (χ0n) is 5.72. The Balaban J connectivity index is 2.40. The summed E-state index contributed by atoms with van der Waals surface area (Å²) in [7, 11) is 0.